The molecule has 0 radical (unpaired) electrons. The molecule has 2 N–H and O–H groups in total. The molecule has 0 bridgehead atoms. The van der Waals surface area contributed by atoms with Crippen LogP contribution in [0.1, 0.15) is 17.9 Å². The number of fused-ring (bicyclic) bond motifs is 1. The van der Waals surface area contributed by atoms with Gasteiger partial charge in [0.1, 0.15) is 8.24 Å². The Morgan fingerprint density at radius 2 is 1.62 bits per heavy atom. The van der Waals surface area contributed by atoms with Crippen LogP contribution in [-0.2, 0) is 0 Å². The molecule has 4 rings (SSSR count). The number of rotatable bonds is 3. The summed E-state index contributed by atoms with van der Waals surface area (Å²) < 4.78 is 2.71. The van der Waals surface area contributed by atoms with Gasteiger partial charge in [0, 0.05) is 20.0 Å². The van der Waals surface area contributed by atoms with Gasteiger partial charge in [-0.2, -0.15) is 0 Å². The summed E-state index contributed by atoms with van der Waals surface area (Å²) in [4.78, 5) is 0. The minimum atomic E-state index is -1.53. The second kappa shape index (κ2) is 6.60. The summed E-state index contributed by atoms with van der Waals surface area (Å²) in [6.45, 7) is 8.16. The fourth-order valence-electron chi connectivity index (χ4n) is 5.02. The number of hydrogen-bond acceptors (Lipinski definition) is 3. The van der Waals surface area contributed by atoms with Crippen LogP contribution in [-0.4, -0.2) is 32.8 Å². The van der Waals surface area contributed by atoms with Crippen molar-refractivity contribution in [2.45, 2.75) is 31.0 Å². The quantitative estimate of drug-likeness (QED) is 0.826. The molecule has 0 aromatic heterocycles. The van der Waals surface area contributed by atoms with Crippen LogP contribution in [0.3, 0.4) is 0 Å². The number of nitrogens with zero attached hydrogens (tertiary/aromatic N) is 1. The predicted octanol–water partition coefficient (Wildman–Crippen LogP) is 3.47. The largest absolute Gasteiger partial charge is 0.299 e. The highest BCUT2D eigenvalue weighted by molar-refractivity contribution is 6.76. The van der Waals surface area contributed by atoms with E-state index in [4.69, 9.17) is 0 Å². The van der Waals surface area contributed by atoms with E-state index in [2.05, 4.69) is 82.9 Å². The van der Waals surface area contributed by atoms with E-state index in [9.17, 15) is 0 Å². The third-order valence-corrected chi connectivity index (χ3v) is 10.8. The lowest BCUT2D eigenvalue weighted by molar-refractivity contribution is 0.283. The molecule has 1 saturated heterocycles. The first-order valence-electron chi connectivity index (χ1n) is 9.24. The topological polar surface area (TPSA) is 27.3 Å². The molecule has 1 aromatic carbocycles. The van der Waals surface area contributed by atoms with Gasteiger partial charge >= 0.3 is 0 Å². The molecule has 4 atom stereocenters. The third-order valence-electron chi connectivity index (χ3n) is 6.46. The van der Waals surface area contributed by atoms with Crippen LogP contribution in [0.15, 0.2) is 54.6 Å². The Morgan fingerprint density at radius 3 is 2.33 bits per heavy atom. The SMILES string of the molecule is C[Si](C)(C1C[C@H](c2ccccc2)C2C=CC=CC21)N1CNCNC1. The Kier molecular flexibility index (Phi) is 4.48. The summed E-state index contributed by atoms with van der Waals surface area (Å²) in [5.74, 6) is 2.03. The van der Waals surface area contributed by atoms with Gasteiger partial charge in [-0.1, -0.05) is 67.7 Å². The lowest BCUT2D eigenvalue weighted by Gasteiger charge is -2.45. The second-order valence-corrected chi connectivity index (χ2v) is 12.7. The van der Waals surface area contributed by atoms with E-state index in [0.717, 1.165) is 25.5 Å². The Morgan fingerprint density at radius 1 is 0.958 bits per heavy atom. The normalized spacial score (nSPS) is 33.6. The molecule has 1 aliphatic heterocycles. The second-order valence-electron chi connectivity index (χ2n) is 7.97. The molecule has 2 aliphatic carbocycles. The minimum absolute atomic E-state index is 0.667. The van der Waals surface area contributed by atoms with Crippen LogP contribution in [0, 0.1) is 11.8 Å². The van der Waals surface area contributed by atoms with Crippen molar-refractivity contribution in [1.29, 1.82) is 0 Å². The highest BCUT2D eigenvalue weighted by atomic mass is 28.3. The summed E-state index contributed by atoms with van der Waals surface area (Å²) in [6.07, 6.45) is 10.8. The van der Waals surface area contributed by atoms with Crippen molar-refractivity contribution >= 4 is 8.24 Å². The molecule has 1 heterocycles. The summed E-state index contributed by atoms with van der Waals surface area (Å²) in [5, 5.41) is 6.99. The van der Waals surface area contributed by atoms with Crippen molar-refractivity contribution in [1.82, 2.24) is 15.2 Å². The zero-order valence-corrected chi connectivity index (χ0v) is 15.8. The number of allylic oxidation sites excluding steroid dienone is 4. The van der Waals surface area contributed by atoms with Crippen molar-refractivity contribution in [3.8, 4) is 0 Å². The number of nitrogens with one attached hydrogen (secondary N) is 2. The van der Waals surface area contributed by atoms with Crippen LogP contribution in [0.5, 0.6) is 0 Å². The molecule has 1 aromatic rings. The predicted molar refractivity (Wildman–Crippen MR) is 103 cm³/mol. The fourth-order valence-corrected chi connectivity index (χ4v) is 8.63. The highest BCUT2D eigenvalue weighted by Crippen LogP contribution is 2.56. The van der Waals surface area contributed by atoms with Crippen LogP contribution < -0.4 is 10.6 Å². The Balaban J connectivity index is 1.63. The summed E-state index contributed by atoms with van der Waals surface area (Å²) >= 11 is 0. The molecule has 0 amide bonds. The van der Waals surface area contributed by atoms with E-state index in [-0.39, 0.29) is 0 Å². The van der Waals surface area contributed by atoms with Gasteiger partial charge in [-0.25, -0.2) is 0 Å². The number of benzene rings is 1. The van der Waals surface area contributed by atoms with Crippen molar-refractivity contribution in [3.63, 3.8) is 0 Å². The van der Waals surface area contributed by atoms with E-state index >= 15 is 0 Å². The first-order chi connectivity index (χ1) is 11.7. The molecule has 3 nitrogen and oxygen atoms in total. The average molecular weight is 340 g/mol. The first kappa shape index (κ1) is 16.3. The van der Waals surface area contributed by atoms with Gasteiger partial charge in [0.15, 0.2) is 0 Å². The van der Waals surface area contributed by atoms with Crippen molar-refractivity contribution in [3.05, 3.63) is 60.2 Å². The highest BCUT2D eigenvalue weighted by Gasteiger charge is 2.51. The molecule has 0 spiro atoms. The zero-order valence-electron chi connectivity index (χ0n) is 14.8. The maximum absolute atomic E-state index is 3.50. The van der Waals surface area contributed by atoms with E-state index in [1.165, 1.54) is 12.0 Å². The number of hydrogen-bond donors (Lipinski definition) is 2. The monoisotopic (exact) mass is 339 g/mol. The summed E-state index contributed by atoms with van der Waals surface area (Å²) in [7, 11) is -1.53. The lowest BCUT2D eigenvalue weighted by atomic mass is 9.83. The average Bonchev–Trinajstić information content (AvgIpc) is 3.04. The van der Waals surface area contributed by atoms with Crippen molar-refractivity contribution < 1.29 is 0 Å². The molecule has 2 fully saturated rings. The summed E-state index contributed by atoms with van der Waals surface area (Å²) in [6, 6.07) is 11.2. The van der Waals surface area contributed by atoms with Gasteiger partial charge < -0.3 is 0 Å². The van der Waals surface area contributed by atoms with E-state index < -0.39 is 8.24 Å². The molecule has 1 saturated carbocycles. The lowest BCUT2D eigenvalue weighted by Crippen LogP contribution is -2.63. The van der Waals surface area contributed by atoms with E-state index in [0.29, 0.717) is 17.8 Å². The van der Waals surface area contributed by atoms with Gasteiger partial charge in [0.2, 0.25) is 0 Å². The molecule has 3 unspecified atom stereocenters. The van der Waals surface area contributed by atoms with Crippen LogP contribution in [0.25, 0.3) is 0 Å². The van der Waals surface area contributed by atoms with Crippen LogP contribution in [0.2, 0.25) is 18.6 Å². The fraction of sp³-hybridized carbons (Fsp3) is 0.500. The molecular formula is C20H29N3Si. The van der Waals surface area contributed by atoms with E-state index in [1.807, 2.05) is 0 Å². The van der Waals surface area contributed by atoms with Gasteiger partial charge in [-0.3, -0.25) is 15.2 Å². The standard InChI is InChI=1S/C20H29N3Si/c1-24(2,23-14-21-13-22-15-23)20-12-19(16-8-4-3-5-9-16)17-10-6-7-11-18(17)20/h3-11,17-22H,12-15H2,1-2H3/t17?,18?,19-,20?/m1/s1. The first-order valence-corrected chi connectivity index (χ1v) is 12.3. The Bertz CT molecular complexity index is 619. The third kappa shape index (κ3) is 2.82. The summed E-state index contributed by atoms with van der Waals surface area (Å²) in [5.41, 5.74) is 2.32. The van der Waals surface area contributed by atoms with Gasteiger partial charge in [0.25, 0.3) is 0 Å². The minimum Gasteiger partial charge on any atom is -0.299 e. The van der Waals surface area contributed by atoms with E-state index in [1.54, 1.807) is 0 Å². The zero-order chi connectivity index (χ0) is 16.6. The van der Waals surface area contributed by atoms with Crippen LogP contribution in [0.4, 0.5) is 0 Å². The maximum Gasteiger partial charge on any atom is 0.128 e. The van der Waals surface area contributed by atoms with Crippen molar-refractivity contribution in [2.24, 2.45) is 11.8 Å². The van der Waals surface area contributed by atoms with Gasteiger partial charge in [-0.15, -0.1) is 0 Å². The molecule has 4 heteroatoms. The molecule has 128 valence electrons. The smallest absolute Gasteiger partial charge is 0.128 e. The molecule has 24 heavy (non-hydrogen) atoms. The van der Waals surface area contributed by atoms with Gasteiger partial charge in [0.05, 0.1) is 0 Å². The Hall–Kier alpha value is -1.20. The van der Waals surface area contributed by atoms with Gasteiger partial charge in [-0.05, 0) is 35.3 Å². The molecule has 3 aliphatic rings. The maximum atomic E-state index is 3.50. The van der Waals surface area contributed by atoms with Crippen molar-refractivity contribution in [2.75, 3.05) is 20.0 Å². The molecular weight excluding hydrogens is 310 g/mol. The Labute approximate surface area is 146 Å². The van der Waals surface area contributed by atoms with Crippen LogP contribution >= 0.6 is 0 Å².